The Bertz CT molecular complexity index is 1430. The van der Waals surface area contributed by atoms with Crippen molar-refractivity contribution in [1.29, 1.82) is 0 Å². The van der Waals surface area contributed by atoms with E-state index in [9.17, 15) is 18.0 Å². The first kappa shape index (κ1) is 27.5. The number of anilines is 1. The third-order valence-electron chi connectivity index (χ3n) is 6.06. The van der Waals surface area contributed by atoms with E-state index in [0.29, 0.717) is 18.8 Å². The van der Waals surface area contributed by atoms with Gasteiger partial charge in [-0.25, -0.2) is 22.4 Å². The summed E-state index contributed by atoms with van der Waals surface area (Å²) in [6.45, 7) is 6.82. The molecule has 3 aromatic rings. The molecule has 0 bridgehead atoms. The maximum Gasteiger partial charge on any atom is 0.410 e. The van der Waals surface area contributed by atoms with Crippen LogP contribution < -0.4 is 10.0 Å². The average Bonchev–Trinajstić information content (AvgIpc) is 3.26. The van der Waals surface area contributed by atoms with Gasteiger partial charge in [-0.3, -0.25) is 9.78 Å². The summed E-state index contributed by atoms with van der Waals surface area (Å²) in [6, 6.07) is 9.38. The molecule has 1 unspecified atom stereocenters. The van der Waals surface area contributed by atoms with Gasteiger partial charge in [0.25, 0.3) is 0 Å². The number of hydrogen-bond donors (Lipinski definition) is 2. The fraction of sp³-hybridized carbons (Fsp3) is 0.462. The molecule has 0 aromatic carbocycles. The maximum atomic E-state index is 12.6. The zero-order chi connectivity index (χ0) is 27.5. The number of rotatable bonds is 7. The topological polar surface area (TPSA) is 135 Å². The lowest BCUT2D eigenvalue weighted by atomic mass is 9.94. The van der Waals surface area contributed by atoms with E-state index in [2.05, 4.69) is 15.1 Å². The van der Waals surface area contributed by atoms with Crippen LogP contribution in [0.1, 0.15) is 51.6 Å². The minimum absolute atomic E-state index is 0.00959. The van der Waals surface area contributed by atoms with Crippen molar-refractivity contribution in [3.05, 3.63) is 48.4 Å². The third kappa shape index (κ3) is 7.29. The van der Waals surface area contributed by atoms with Gasteiger partial charge in [0.2, 0.25) is 15.9 Å². The van der Waals surface area contributed by atoms with Crippen molar-refractivity contribution in [3.8, 4) is 11.3 Å². The van der Waals surface area contributed by atoms with E-state index in [4.69, 9.17) is 9.72 Å². The minimum Gasteiger partial charge on any atom is -0.444 e. The van der Waals surface area contributed by atoms with E-state index in [0.717, 1.165) is 41.6 Å². The van der Waals surface area contributed by atoms with Gasteiger partial charge in [0, 0.05) is 55.1 Å². The third-order valence-corrected chi connectivity index (χ3v) is 6.79. The van der Waals surface area contributed by atoms with Gasteiger partial charge >= 0.3 is 6.09 Å². The van der Waals surface area contributed by atoms with Crippen molar-refractivity contribution < 1.29 is 22.7 Å². The molecule has 38 heavy (non-hydrogen) atoms. The van der Waals surface area contributed by atoms with Gasteiger partial charge in [-0.1, -0.05) is 6.07 Å². The van der Waals surface area contributed by atoms with E-state index in [1.54, 1.807) is 27.9 Å². The summed E-state index contributed by atoms with van der Waals surface area (Å²) in [6.07, 6.45) is 6.03. The summed E-state index contributed by atoms with van der Waals surface area (Å²) in [5, 5.41) is 7.22. The van der Waals surface area contributed by atoms with Gasteiger partial charge < -0.3 is 15.0 Å². The number of carbonyl (C=O) groups is 2. The van der Waals surface area contributed by atoms with Crippen molar-refractivity contribution in [2.45, 2.75) is 51.6 Å². The van der Waals surface area contributed by atoms with E-state index in [1.165, 1.54) is 0 Å². The smallest absolute Gasteiger partial charge is 0.410 e. The van der Waals surface area contributed by atoms with Crippen LogP contribution in [0, 0.1) is 0 Å². The summed E-state index contributed by atoms with van der Waals surface area (Å²) in [5.74, 6) is -0.216. The molecule has 0 radical (unpaired) electrons. The molecule has 3 aromatic heterocycles. The average molecular weight is 543 g/mol. The fourth-order valence-corrected chi connectivity index (χ4v) is 4.84. The van der Waals surface area contributed by atoms with Gasteiger partial charge in [0.15, 0.2) is 0 Å². The number of carbonyl (C=O) groups excluding carboxylic acids is 2. The Balaban J connectivity index is 1.50. The summed E-state index contributed by atoms with van der Waals surface area (Å²) in [4.78, 5) is 31.6. The number of nitrogens with zero attached hydrogens (tertiary/aromatic N) is 4. The first-order valence-electron chi connectivity index (χ1n) is 12.5. The van der Waals surface area contributed by atoms with E-state index >= 15 is 0 Å². The van der Waals surface area contributed by atoms with Gasteiger partial charge in [0.1, 0.15) is 5.60 Å². The first-order chi connectivity index (χ1) is 17.9. The Morgan fingerprint density at radius 2 is 2.00 bits per heavy atom. The predicted octanol–water partition coefficient (Wildman–Crippen LogP) is 3.39. The lowest BCUT2D eigenvalue weighted by Gasteiger charge is -2.34. The number of fused-ring (bicyclic) bond motifs is 1. The molecule has 1 atom stereocenters. The quantitative estimate of drug-likeness (QED) is 0.467. The van der Waals surface area contributed by atoms with Crippen LogP contribution in [0.3, 0.4) is 0 Å². The molecule has 1 aliphatic rings. The van der Waals surface area contributed by atoms with Gasteiger partial charge in [-0.05, 0) is 57.9 Å². The van der Waals surface area contributed by atoms with E-state index in [1.807, 2.05) is 45.0 Å². The summed E-state index contributed by atoms with van der Waals surface area (Å²) < 4.78 is 32.0. The Labute approximate surface area is 222 Å². The van der Waals surface area contributed by atoms with E-state index in [-0.39, 0.29) is 30.9 Å². The number of pyridine rings is 2. The number of amides is 2. The Kier molecular flexibility index (Phi) is 8.02. The molecule has 2 amide bonds. The molecule has 11 nitrogen and oxygen atoms in total. The molecule has 2 N–H and O–H groups in total. The van der Waals surface area contributed by atoms with Crippen LogP contribution in [0.4, 0.5) is 10.5 Å². The summed E-state index contributed by atoms with van der Waals surface area (Å²) in [7, 11) is -3.35. The lowest BCUT2D eigenvalue weighted by Crippen LogP contribution is -2.42. The van der Waals surface area contributed by atoms with Crippen LogP contribution in [-0.4, -0.2) is 71.4 Å². The Morgan fingerprint density at radius 1 is 1.21 bits per heavy atom. The monoisotopic (exact) mass is 542 g/mol. The minimum atomic E-state index is -3.35. The van der Waals surface area contributed by atoms with Crippen molar-refractivity contribution in [2.24, 2.45) is 0 Å². The molecular formula is C26H34N6O5S. The highest BCUT2D eigenvalue weighted by atomic mass is 32.2. The van der Waals surface area contributed by atoms with Crippen LogP contribution >= 0.6 is 0 Å². The number of aromatic nitrogens is 3. The number of hydrogen-bond acceptors (Lipinski definition) is 7. The summed E-state index contributed by atoms with van der Waals surface area (Å²) in [5.41, 5.74) is 3.24. The van der Waals surface area contributed by atoms with Crippen molar-refractivity contribution in [2.75, 3.05) is 31.2 Å². The fourth-order valence-electron chi connectivity index (χ4n) is 4.37. The highest BCUT2D eigenvalue weighted by Gasteiger charge is 2.29. The predicted molar refractivity (Wildman–Crippen MR) is 144 cm³/mol. The zero-order valence-corrected chi connectivity index (χ0v) is 22.9. The van der Waals surface area contributed by atoms with E-state index < -0.39 is 15.6 Å². The zero-order valence-electron chi connectivity index (χ0n) is 22.1. The van der Waals surface area contributed by atoms with Crippen LogP contribution in [0.5, 0.6) is 0 Å². The normalized spacial score (nSPS) is 16.4. The number of ether oxygens (including phenoxy) is 1. The molecule has 1 aliphatic heterocycles. The highest BCUT2D eigenvalue weighted by molar-refractivity contribution is 7.88. The second kappa shape index (κ2) is 11.1. The Hall–Kier alpha value is -3.51. The lowest BCUT2D eigenvalue weighted by molar-refractivity contribution is -0.116. The maximum absolute atomic E-state index is 12.6. The molecule has 0 spiro atoms. The van der Waals surface area contributed by atoms with Crippen LogP contribution in [0.2, 0.25) is 0 Å². The molecule has 0 aliphatic carbocycles. The van der Waals surface area contributed by atoms with Crippen LogP contribution in [0.15, 0.2) is 42.7 Å². The first-order valence-corrected chi connectivity index (χ1v) is 14.4. The largest absolute Gasteiger partial charge is 0.444 e. The second-order valence-electron chi connectivity index (χ2n) is 10.5. The Morgan fingerprint density at radius 3 is 2.74 bits per heavy atom. The van der Waals surface area contributed by atoms with Crippen molar-refractivity contribution in [3.63, 3.8) is 0 Å². The molecule has 4 heterocycles. The number of piperidine rings is 1. The van der Waals surface area contributed by atoms with Crippen molar-refractivity contribution >= 4 is 33.2 Å². The molecule has 0 saturated carbocycles. The standard InChI is InChI=1S/C26H34N6O5S/c1-26(2,3)37-25(34)31-13-6-7-18(17-31)21-8-5-9-22(30-21)20-16-27-32-14-11-19(15-23(20)32)29-24(33)10-12-28-38(4,35)36/h5,8-9,11,14-16,18,28H,6-7,10,12-13,17H2,1-4H3,(H,29,33). The number of nitrogens with one attached hydrogen (secondary N) is 2. The molecule has 204 valence electrons. The molecule has 4 rings (SSSR count). The SMILES string of the molecule is CC(C)(C)OC(=O)N1CCCC(c2cccc(-c3cnn4ccc(NC(=O)CCNS(C)(=O)=O)cc34)n2)C1. The van der Waals surface area contributed by atoms with Gasteiger partial charge in [0.05, 0.1) is 23.7 Å². The molecular weight excluding hydrogens is 508 g/mol. The molecule has 1 saturated heterocycles. The van der Waals surface area contributed by atoms with Gasteiger partial charge in [-0.15, -0.1) is 0 Å². The van der Waals surface area contributed by atoms with Crippen molar-refractivity contribution in [1.82, 2.24) is 24.2 Å². The van der Waals surface area contributed by atoms with Crippen LogP contribution in [-0.2, 0) is 19.6 Å². The molecule has 1 fully saturated rings. The van der Waals surface area contributed by atoms with Gasteiger partial charge in [-0.2, -0.15) is 5.10 Å². The highest BCUT2D eigenvalue weighted by Crippen LogP contribution is 2.30. The second-order valence-corrected chi connectivity index (χ2v) is 12.3. The number of sulfonamides is 1. The molecule has 12 heteroatoms. The van der Waals surface area contributed by atoms with Crippen LogP contribution in [0.25, 0.3) is 16.8 Å². The summed E-state index contributed by atoms with van der Waals surface area (Å²) >= 11 is 0. The number of likely N-dealkylation sites (tertiary alicyclic amines) is 1.